The van der Waals surface area contributed by atoms with Crippen LogP contribution in [0.1, 0.15) is 0 Å². The van der Waals surface area contributed by atoms with Crippen molar-refractivity contribution in [2.45, 2.75) is 0 Å². The summed E-state index contributed by atoms with van der Waals surface area (Å²) in [5.41, 5.74) is 0. The molecule has 54 valence electrons. The van der Waals surface area contributed by atoms with Crippen LogP contribution in [0.3, 0.4) is 0 Å². The molecule has 0 atom stereocenters. The predicted molar refractivity (Wildman–Crippen MR) is 34.2 cm³/mol. The summed E-state index contributed by atoms with van der Waals surface area (Å²) in [6, 6.07) is 0. The van der Waals surface area contributed by atoms with Crippen LogP contribution in [0.4, 0.5) is 0 Å². The van der Waals surface area contributed by atoms with E-state index in [9.17, 15) is 0 Å². The standard InChI is InChI=1S/Mo.2H2O.2O.2H2S.S/h;2*1H2;;;2*1H2;/q+2;;;;;;;/p-2. The molecular weight excluding hydrogens is 256 g/mol. The Morgan fingerprint density at radius 2 is 1.00 bits per heavy atom. The van der Waals surface area contributed by atoms with Gasteiger partial charge >= 0.3 is 31.1 Å². The first-order valence-electron chi connectivity index (χ1n) is 0.698. The minimum absolute atomic E-state index is 0. The van der Waals surface area contributed by atoms with Gasteiger partial charge in [-0.3, -0.25) is 0 Å². The molecule has 0 aromatic rings. The van der Waals surface area contributed by atoms with Gasteiger partial charge in [0.1, 0.15) is 0 Å². The topological polar surface area (TPSA) is 74.6 Å². The molecule has 0 aliphatic rings. The van der Waals surface area contributed by atoms with Crippen LogP contribution in [0.2, 0.25) is 0 Å². The second-order valence-corrected chi connectivity index (χ2v) is 2.65. The van der Waals surface area contributed by atoms with Crippen LogP contribution in [-0.2, 0) is 23.5 Å². The van der Waals surface area contributed by atoms with Crippen molar-refractivity contribution in [1.29, 1.82) is 0 Å². The van der Waals surface area contributed by atoms with Gasteiger partial charge < -0.3 is 0 Å². The maximum atomic E-state index is 8.85. The van der Waals surface area contributed by atoms with E-state index in [0.29, 0.717) is 0 Å². The summed E-state index contributed by atoms with van der Waals surface area (Å²) in [7, 11) is 0. The smallest absolute Gasteiger partial charge is 0 e. The summed E-state index contributed by atoms with van der Waals surface area (Å²) in [5, 5.41) is 0. The maximum Gasteiger partial charge on any atom is 0 e. The zero-order valence-electron chi connectivity index (χ0n) is 3.53. The average molecular weight is 262 g/mol. The summed E-state index contributed by atoms with van der Waals surface area (Å²) in [5.74, 6) is 0. The molecule has 0 unspecified atom stereocenters. The molecule has 2 radical (unpaired) electrons. The van der Waals surface area contributed by atoms with E-state index in [1.54, 1.807) is 0 Å². The van der Waals surface area contributed by atoms with Gasteiger partial charge in [0.05, 0.1) is 0 Å². The van der Waals surface area contributed by atoms with Crippen molar-refractivity contribution in [2.75, 3.05) is 0 Å². The van der Waals surface area contributed by atoms with E-state index in [1.807, 2.05) is 0 Å². The van der Waals surface area contributed by atoms with Crippen LogP contribution in [0.25, 0.3) is 0 Å². The first kappa shape index (κ1) is 22.8. The zero-order valence-corrected chi connectivity index (χ0v) is 8.35. The van der Waals surface area contributed by atoms with E-state index < -0.39 is 16.7 Å². The molecule has 0 aliphatic carbocycles. The molecule has 8 heteroatoms. The summed E-state index contributed by atoms with van der Waals surface area (Å²) >= 11 is -5.52. The van der Waals surface area contributed by atoms with E-state index >= 15 is 0 Å². The molecule has 0 aromatic carbocycles. The molecule has 0 heterocycles. The van der Waals surface area contributed by atoms with Gasteiger partial charge in [0.25, 0.3) is 0 Å². The van der Waals surface area contributed by atoms with Crippen LogP contribution in [0.5, 0.6) is 0 Å². The molecule has 0 amide bonds. The van der Waals surface area contributed by atoms with E-state index in [1.165, 1.54) is 0 Å². The van der Waals surface area contributed by atoms with E-state index in [-0.39, 0.29) is 40.5 Å². The van der Waals surface area contributed by atoms with Gasteiger partial charge in [0.2, 0.25) is 0 Å². The Bertz CT molecular complexity index is 94.5. The molecule has 0 fully saturated rings. The second-order valence-electron chi connectivity index (χ2n) is 0.448. The first-order chi connectivity index (χ1) is 2.00. The van der Waals surface area contributed by atoms with Crippen LogP contribution < -0.4 is 0 Å². The van der Waals surface area contributed by atoms with E-state index in [0.717, 1.165) is 0 Å². The van der Waals surface area contributed by atoms with Crippen LogP contribution >= 0.6 is 40.5 Å². The fourth-order valence-electron chi connectivity index (χ4n) is 0. The Hall–Kier alpha value is 1.26. The van der Waals surface area contributed by atoms with Gasteiger partial charge in [-0.2, -0.15) is 27.0 Å². The van der Waals surface area contributed by atoms with Gasteiger partial charge in [0, 0.05) is 13.5 Å². The van der Waals surface area contributed by atoms with Crippen molar-refractivity contribution in [3.63, 3.8) is 0 Å². The average Bonchev–Trinajstić information content (AvgIpc) is 0.722. The molecule has 2 N–H and O–H groups in total. The molecule has 0 spiro atoms. The van der Waals surface area contributed by atoms with Crippen LogP contribution in [0, 0.1) is 0 Å². The zero-order chi connectivity index (χ0) is 4.50. The van der Waals surface area contributed by atoms with Crippen molar-refractivity contribution in [3.8, 4) is 0 Å². The quantitative estimate of drug-likeness (QED) is 0.578. The van der Waals surface area contributed by atoms with Gasteiger partial charge in [-0.1, -0.05) is 0 Å². The Morgan fingerprint density at radius 3 is 1.00 bits per heavy atom. The summed E-state index contributed by atoms with van der Waals surface area (Å²) in [6.07, 6.45) is 0. The Balaban J connectivity index is -0.0000000267. The number of rotatable bonds is 0. The van der Waals surface area contributed by atoms with Crippen molar-refractivity contribution in [3.05, 3.63) is 0 Å². The van der Waals surface area contributed by atoms with Gasteiger partial charge in [-0.15, -0.1) is 0 Å². The molecule has 0 saturated carbocycles. The molecule has 8 heavy (non-hydrogen) atoms. The molecule has 0 rings (SSSR count). The fourth-order valence-corrected chi connectivity index (χ4v) is 0. The minimum Gasteiger partial charge on any atom is 0 e. The fraction of sp³-hybridized carbons (Fsp3) is 0. The molecule has 4 nitrogen and oxygen atoms in total. The SMILES string of the molecule is S.S.[O]=[Mo](=[O])([OH])[OH].[S]. The molecule has 0 bridgehead atoms. The van der Waals surface area contributed by atoms with Crippen molar-refractivity contribution >= 4 is 40.5 Å². The van der Waals surface area contributed by atoms with Gasteiger partial charge in [-0.25, -0.2) is 0 Å². The summed E-state index contributed by atoms with van der Waals surface area (Å²) in [4.78, 5) is 0. The monoisotopic (exact) mass is 264 g/mol. The van der Waals surface area contributed by atoms with Crippen molar-refractivity contribution in [1.82, 2.24) is 0 Å². The number of hydrogen-bond donors (Lipinski definition) is 2. The molecule has 0 aliphatic heterocycles. The summed E-state index contributed by atoms with van der Waals surface area (Å²) in [6.45, 7) is 0. The molecule has 0 saturated heterocycles. The van der Waals surface area contributed by atoms with Crippen molar-refractivity contribution < 1.29 is 31.1 Å². The second kappa shape index (κ2) is 8.26. The Morgan fingerprint density at radius 1 is 1.00 bits per heavy atom. The molecular formula is H6MoO4S3. The third kappa shape index (κ3) is 180. The van der Waals surface area contributed by atoms with Crippen molar-refractivity contribution in [2.24, 2.45) is 0 Å². The third-order valence-corrected chi connectivity index (χ3v) is 0. The maximum absolute atomic E-state index is 8.85. The third-order valence-electron chi connectivity index (χ3n) is 0. The van der Waals surface area contributed by atoms with E-state index in [4.69, 9.17) is 14.3 Å². The number of hydrogen-bond acceptors (Lipinski definition) is 2. The van der Waals surface area contributed by atoms with Gasteiger partial charge in [0.15, 0.2) is 0 Å². The Labute approximate surface area is 71.3 Å². The minimum atomic E-state index is -5.52. The van der Waals surface area contributed by atoms with Crippen LogP contribution in [-0.4, -0.2) is 7.52 Å². The van der Waals surface area contributed by atoms with Gasteiger partial charge in [-0.05, 0) is 0 Å². The summed E-state index contributed by atoms with van der Waals surface area (Å²) < 4.78 is 32.0. The van der Waals surface area contributed by atoms with E-state index in [2.05, 4.69) is 0 Å². The normalized spacial score (nSPS) is 7.25. The molecule has 0 aromatic heterocycles. The Kier molecular flexibility index (Phi) is 23.6. The van der Waals surface area contributed by atoms with Crippen LogP contribution in [0.15, 0.2) is 0 Å². The predicted octanol–water partition coefficient (Wildman–Crippen LogP) is -0.480. The first-order valence-corrected chi connectivity index (χ1v) is 4.13. The largest absolute Gasteiger partial charge is 0 e.